The molecule has 1 unspecified atom stereocenters. The van der Waals surface area contributed by atoms with Crippen molar-refractivity contribution in [1.82, 2.24) is 0 Å². The van der Waals surface area contributed by atoms with Crippen molar-refractivity contribution < 1.29 is 18.7 Å². The summed E-state index contributed by atoms with van der Waals surface area (Å²) in [6.07, 6.45) is 0.965. The van der Waals surface area contributed by atoms with E-state index < -0.39 is 5.92 Å². The summed E-state index contributed by atoms with van der Waals surface area (Å²) in [4.78, 5) is 13.0. The summed E-state index contributed by atoms with van der Waals surface area (Å²) in [7, 11) is 1.61. The molecule has 1 atom stereocenters. The highest BCUT2D eigenvalue weighted by Gasteiger charge is 2.44. The second kappa shape index (κ2) is 6.85. The first-order valence-electron chi connectivity index (χ1n) is 9.41. The highest BCUT2D eigenvalue weighted by molar-refractivity contribution is 5.99. The molecule has 2 aromatic rings. The van der Waals surface area contributed by atoms with Crippen LogP contribution in [0.5, 0.6) is 5.75 Å². The average molecular weight is 390 g/mol. The monoisotopic (exact) mass is 390 g/mol. The number of ketones is 1. The lowest BCUT2D eigenvalue weighted by Crippen LogP contribution is -2.33. The van der Waals surface area contributed by atoms with Gasteiger partial charge in [0.25, 0.3) is 0 Å². The van der Waals surface area contributed by atoms with Crippen LogP contribution in [0.3, 0.4) is 0 Å². The van der Waals surface area contributed by atoms with Crippen LogP contribution in [0.2, 0.25) is 0 Å². The Bertz CT molecular complexity index is 1080. The Balaban J connectivity index is 1.78. The van der Waals surface area contributed by atoms with Crippen LogP contribution in [0, 0.1) is 16.7 Å². The molecule has 6 heteroatoms. The molecule has 1 aromatic carbocycles. The smallest absolute Gasteiger partial charge is 0.205 e. The number of methoxy groups -OCH3 is 1. The zero-order chi connectivity index (χ0) is 20.8. The van der Waals surface area contributed by atoms with Gasteiger partial charge in [-0.2, -0.15) is 5.26 Å². The average Bonchev–Trinajstić information content (AvgIpc) is 3.15. The van der Waals surface area contributed by atoms with Crippen molar-refractivity contribution in [2.45, 2.75) is 32.6 Å². The summed E-state index contributed by atoms with van der Waals surface area (Å²) in [6.45, 7) is 4.03. The first-order valence-corrected chi connectivity index (χ1v) is 9.41. The lowest BCUT2D eigenvalue weighted by atomic mass is 9.71. The number of nitriles is 1. The summed E-state index contributed by atoms with van der Waals surface area (Å²) < 4.78 is 17.0. The number of rotatable bonds is 3. The van der Waals surface area contributed by atoms with E-state index in [1.54, 1.807) is 13.2 Å². The summed E-state index contributed by atoms with van der Waals surface area (Å²) in [5.74, 6) is 1.76. The minimum Gasteiger partial charge on any atom is -0.497 e. The minimum atomic E-state index is -0.653. The van der Waals surface area contributed by atoms with Crippen LogP contribution in [-0.2, 0) is 9.53 Å². The molecule has 2 heterocycles. The third-order valence-corrected chi connectivity index (χ3v) is 5.36. The van der Waals surface area contributed by atoms with E-state index in [0.717, 1.165) is 11.3 Å². The second-order valence-corrected chi connectivity index (χ2v) is 8.13. The van der Waals surface area contributed by atoms with Crippen molar-refractivity contribution >= 4 is 5.78 Å². The SMILES string of the molecule is COc1ccc(-c2ccc(C3C(C#N)=C(N)OC4=C3C(=O)CC(C)(C)C4)o2)cc1. The van der Waals surface area contributed by atoms with E-state index in [0.29, 0.717) is 35.7 Å². The molecule has 4 rings (SSSR count). The Morgan fingerprint density at radius 3 is 2.55 bits per heavy atom. The molecule has 1 aliphatic carbocycles. The quantitative estimate of drug-likeness (QED) is 0.834. The lowest BCUT2D eigenvalue weighted by Gasteiger charge is -2.36. The fraction of sp³-hybridized carbons (Fsp3) is 0.304. The fourth-order valence-corrected chi connectivity index (χ4v) is 3.99. The fourth-order valence-electron chi connectivity index (χ4n) is 3.99. The molecule has 0 radical (unpaired) electrons. The molecule has 0 bridgehead atoms. The number of Topliss-reactive ketones (excluding diaryl/α,β-unsaturated/α-hetero) is 1. The van der Waals surface area contributed by atoms with Gasteiger partial charge in [-0.1, -0.05) is 13.8 Å². The van der Waals surface area contributed by atoms with Gasteiger partial charge in [0, 0.05) is 24.0 Å². The van der Waals surface area contributed by atoms with Crippen LogP contribution in [0.1, 0.15) is 38.4 Å². The summed E-state index contributed by atoms with van der Waals surface area (Å²) in [5.41, 5.74) is 7.37. The van der Waals surface area contributed by atoms with Gasteiger partial charge in [-0.3, -0.25) is 4.79 Å². The highest BCUT2D eigenvalue weighted by Crippen LogP contribution is 2.48. The Hall–Kier alpha value is -3.46. The molecular weight excluding hydrogens is 368 g/mol. The number of hydrogen-bond donors (Lipinski definition) is 1. The number of furan rings is 1. The van der Waals surface area contributed by atoms with E-state index in [1.165, 1.54) is 0 Å². The van der Waals surface area contributed by atoms with Gasteiger partial charge in [0.1, 0.15) is 34.7 Å². The topological polar surface area (TPSA) is 98.5 Å². The molecule has 6 nitrogen and oxygen atoms in total. The standard InChI is InChI=1S/C23H22N2O4/c1-23(2)10-16(26)21-19(11-23)29-22(25)15(12-24)20(21)18-9-8-17(28-18)13-4-6-14(27-3)7-5-13/h4-9,20H,10-11,25H2,1-3H3. The van der Waals surface area contributed by atoms with Gasteiger partial charge in [-0.15, -0.1) is 0 Å². The predicted octanol–water partition coefficient (Wildman–Crippen LogP) is 4.41. The van der Waals surface area contributed by atoms with Gasteiger partial charge in [-0.25, -0.2) is 0 Å². The number of benzene rings is 1. The van der Waals surface area contributed by atoms with Crippen LogP contribution in [0.15, 0.2) is 63.6 Å². The van der Waals surface area contributed by atoms with Crippen molar-refractivity contribution in [2.75, 3.05) is 7.11 Å². The third kappa shape index (κ3) is 3.29. The van der Waals surface area contributed by atoms with Crippen LogP contribution in [0.4, 0.5) is 0 Å². The Morgan fingerprint density at radius 2 is 1.90 bits per heavy atom. The largest absolute Gasteiger partial charge is 0.497 e. The molecule has 0 spiro atoms. The molecule has 2 N–H and O–H groups in total. The molecular formula is C23H22N2O4. The third-order valence-electron chi connectivity index (χ3n) is 5.36. The van der Waals surface area contributed by atoms with Crippen molar-refractivity contribution in [3.63, 3.8) is 0 Å². The lowest BCUT2D eigenvalue weighted by molar-refractivity contribution is -0.119. The minimum absolute atomic E-state index is 0.0316. The molecule has 0 saturated heterocycles. The van der Waals surface area contributed by atoms with Gasteiger partial charge in [0.15, 0.2) is 5.78 Å². The van der Waals surface area contributed by atoms with E-state index in [1.807, 2.05) is 44.2 Å². The van der Waals surface area contributed by atoms with Crippen molar-refractivity contribution in [3.8, 4) is 23.1 Å². The number of nitrogens with zero attached hydrogens (tertiary/aromatic N) is 1. The Labute approximate surface area is 169 Å². The number of allylic oxidation sites excluding steroid dienone is 3. The molecule has 0 amide bonds. The first-order chi connectivity index (χ1) is 13.8. The maximum Gasteiger partial charge on any atom is 0.205 e. The number of nitrogens with two attached hydrogens (primary N) is 1. The van der Waals surface area contributed by atoms with Crippen molar-refractivity contribution in [3.05, 3.63) is 64.9 Å². The maximum absolute atomic E-state index is 13.0. The van der Waals surface area contributed by atoms with E-state index in [9.17, 15) is 10.1 Å². The van der Waals surface area contributed by atoms with Gasteiger partial charge < -0.3 is 19.6 Å². The van der Waals surface area contributed by atoms with E-state index in [2.05, 4.69) is 6.07 Å². The van der Waals surface area contributed by atoms with E-state index >= 15 is 0 Å². The van der Waals surface area contributed by atoms with Crippen LogP contribution < -0.4 is 10.5 Å². The van der Waals surface area contributed by atoms with E-state index in [-0.39, 0.29) is 22.7 Å². The number of hydrogen-bond acceptors (Lipinski definition) is 6. The predicted molar refractivity (Wildman–Crippen MR) is 106 cm³/mol. The molecule has 0 fully saturated rings. The Morgan fingerprint density at radius 1 is 1.17 bits per heavy atom. The molecule has 1 aromatic heterocycles. The van der Waals surface area contributed by atoms with Crippen LogP contribution in [0.25, 0.3) is 11.3 Å². The number of carbonyl (C=O) groups excluding carboxylic acids is 1. The first kappa shape index (κ1) is 18.9. The van der Waals surface area contributed by atoms with Gasteiger partial charge >= 0.3 is 0 Å². The van der Waals surface area contributed by atoms with Gasteiger partial charge in [-0.05, 0) is 41.8 Å². The van der Waals surface area contributed by atoms with Gasteiger partial charge in [0.05, 0.1) is 13.0 Å². The van der Waals surface area contributed by atoms with E-state index in [4.69, 9.17) is 19.6 Å². The zero-order valence-electron chi connectivity index (χ0n) is 16.6. The summed E-state index contributed by atoms with van der Waals surface area (Å²) >= 11 is 0. The molecule has 2 aliphatic rings. The number of carbonyl (C=O) groups is 1. The van der Waals surface area contributed by atoms with Crippen LogP contribution in [-0.4, -0.2) is 12.9 Å². The molecule has 29 heavy (non-hydrogen) atoms. The Kier molecular flexibility index (Phi) is 4.46. The second-order valence-electron chi connectivity index (χ2n) is 8.13. The van der Waals surface area contributed by atoms with Crippen molar-refractivity contribution in [1.29, 1.82) is 5.26 Å². The molecule has 148 valence electrons. The molecule has 0 saturated carbocycles. The highest BCUT2D eigenvalue weighted by atomic mass is 16.5. The van der Waals surface area contributed by atoms with Gasteiger partial charge in [0.2, 0.25) is 5.88 Å². The summed E-state index contributed by atoms with van der Waals surface area (Å²) in [5, 5.41) is 9.70. The normalized spacial score (nSPS) is 20.8. The van der Waals surface area contributed by atoms with Crippen LogP contribution >= 0.6 is 0 Å². The maximum atomic E-state index is 13.0. The van der Waals surface area contributed by atoms with Crippen molar-refractivity contribution in [2.24, 2.45) is 11.1 Å². The summed E-state index contributed by atoms with van der Waals surface area (Å²) in [6, 6.07) is 13.2. The number of ether oxygens (including phenoxy) is 2. The zero-order valence-corrected chi connectivity index (χ0v) is 16.6. The molecule has 1 aliphatic heterocycles.